The van der Waals surface area contributed by atoms with Crippen molar-refractivity contribution in [1.82, 2.24) is 10.2 Å². The first-order valence-electron chi connectivity index (χ1n) is 9.63. The van der Waals surface area contributed by atoms with Crippen molar-refractivity contribution in [3.05, 3.63) is 35.6 Å². The molecule has 1 aromatic rings. The van der Waals surface area contributed by atoms with Gasteiger partial charge in [0.05, 0.1) is 18.6 Å². The molecule has 0 radical (unpaired) electrons. The molecule has 3 rings (SSSR count). The third-order valence-corrected chi connectivity index (χ3v) is 5.71. The van der Waals surface area contributed by atoms with Crippen molar-refractivity contribution in [2.45, 2.75) is 57.0 Å². The van der Waals surface area contributed by atoms with Crippen molar-refractivity contribution >= 4 is 11.8 Å². The fourth-order valence-electron chi connectivity index (χ4n) is 4.34. The molecule has 1 saturated carbocycles. The summed E-state index contributed by atoms with van der Waals surface area (Å²) >= 11 is 0. The fourth-order valence-corrected chi connectivity index (χ4v) is 4.34. The van der Waals surface area contributed by atoms with Gasteiger partial charge in [-0.2, -0.15) is 0 Å². The number of hydrogen-bond donors (Lipinski definition) is 2. The first-order valence-corrected chi connectivity index (χ1v) is 9.63. The number of likely N-dealkylation sites (tertiary alicyclic amines) is 1. The Morgan fingerprint density at radius 3 is 2.42 bits per heavy atom. The standard InChI is InChI=1S/C20H28FN3O2/c21-16-10-8-15(9-11-16)19(14-5-1-2-6-14)23-18(25)13-24-12-4-3-7-17(24)20(22)26/h8-11,14,17,19H,1-7,12-13H2,(H2,22,26)(H,23,25). The molecule has 1 aliphatic carbocycles. The Balaban J connectivity index is 1.68. The normalized spacial score (nSPS) is 22.9. The molecule has 3 N–H and O–H groups in total. The number of nitrogens with zero attached hydrogens (tertiary/aromatic N) is 1. The highest BCUT2D eigenvalue weighted by Crippen LogP contribution is 2.35. The van der Waals surface area contributed by atoms with Crippen molar-refractivity contribution in [3.63, 3.8) is 0 Å². The summed E-state index contributed by atoms with van der Waals surface area (Å²) in [6.07, 6.45) is 7.10. The molecule has 1 aromatic carbocycles. The Morgan fingerprint density at radius 2 is 1.77 bits per heavy atom. The Bertz CT molecular complexity index is 628. The molecule has 2 amide bonds. The Labute approximate surface area is 154 Å². The van der Waals surface area contributed by atoms with Crippen LogP contribution in [0.25, 0.3) is 0 Å². The van der Waals surface area contributed by atoms with Crippen LogP contribution in [-0.2, 0) is 9.59 Å². The lowest BCUT2D eigenvalue weighted by Crippen LogP contribution is -2.51. The number of primary amides is 1. The predicted molar refractivity (Wildman–Crippen MR) is 97.6 cm³/mol. The van der Waals surface area contributed by atoms with Crippen molar-refractivity contribution in [1.29, 1.82) is 0 Å². The summed E-state index contributed by atoms with van der Waals surface area (Å²) in [6.45, 7) is 0.893. The zero-order chi connectivity index (χ0) is 18.5. The van der Waals surface area contributed by atoms with E-state index in [4.69, 9.17) is 5.73 Å². The Morgan fingerprint density at radius 1 is 1.12 bits per heavy atom. The highest BCUT2D eigenvalue weighted by Gasteiger charge is 2.31. The number of nitrogens with one attached hydrogen (secondary N) is 1. The molecule has 1 heterocycles. The number of rotatable bonds is 6. The van der Waals surface area contributed by atoms with E-state index < -0.39 is 0 Å². The van der Waals surface area contributed by atoms with Crippen LogP contribution in [0.15, 0.2) is 24.3 Å². The van der Waals surface area contributed by atoms with Gasteiger partial charge in [-0.1, -0.05) is 31.4 Å². The summed E-state index contributed by atoms with van der Waals surface area (Å²) in [5.74, 6) is -0.358. The van der Waals surface area contributed by atoms with Gasteiger partial charge in [0.15, 0.2) is 0 Å². The maximum atomic E-state index is 13.3. The van der Waals surface area contributed by atoms with Crippen LogP contribution >= 0.6 is 0 Å². The van der Waals surface area contributed by atoms with Gasteiger partial charge in [0.2, 0.25) is 11.8 Å². The number of halogens is 1. The summed E-state index contributed by atoms with van der Waals surface area (Å²) < 4.78 is 13.3. The van der Waals surface area contributed by atoms with Gasteiger partial charge in [-0.3, -0.25) is 14.5 Å². The van der Waals surface area contributed by atoms with Gasteiger partial charge in [-0.25, -0.2) is 4.39 Å². The van der Waals surface area contributed by atoms with Crippen LogP contribution in [0.3, 0.4) is 0 Å². The summed E-state index contributed by atoms with van der Waals surface area (Å²) in [4.78, 5) is 26.2. The van der Waals surface area contributed by atoms with Crippen molar-refractivity contribution in [2.24, 2.45) is 11.7 Å². The molecule has 0 aromatic heterocycles. The van der Waals surface area contributed by atoms with E-state index in [-0.39, 0.29) is 36.3 Å². The van der Waals surface area contributed by atoms with E-state index in [9.17, 15) is 14.0 Å². The van der Waals surface area contributed by atoms with Gasteiger partial charge in [-0.05, 0) is 55.8 Å². The molecule has 0 spiro atoms. The average Bonchev–Trinajstić information content (AvgIpc) is 3.15. The summed E-state index contributed by atoms with van der Waals surface area (Å²) in [6, 6.07) is 5.93. The fraction of sp³-hybridized carbons (Fsp3) is 0.600. The molecular weight excluding hydrogens is 333 g/mol. The van der Waals surface area contributed by atoms with Crippen molar-refractivity contribution in [3.8, 4) is 0 Å². The minimum absolute atomic E-state index is 0.0978. The van der Waals surface area contributed by atoms with Crippen LogP contribution in [0.2, 0.25) is 0 Å². The van der Waals surface area contributed by atoms with E-state index in [0.29, 0.717) is 18.9 Å². The molecule has 2 fully saturated rings. The van der Waals surface area contributed by atoms with Crippen LogP contribution in [0.5, 0.6) is 0 Å². The zero-order valence-corrected chi connectivity index (χ0v) is 15.1. The number of nitrogens with two attached hydrogens (primary N) is 1. The average molecular weight is 361 g/mol. The molecule has 2 aliphatic rings. The monoisotopic (exact) mass is 361 g/mol. The molecule has 1 saturated heterocycles. The molecule has 1 aliphatic heterocycles. The molecule has 5 nitrogen and oxygen atoms in total. The third kappa shape index (κ3) is 4.61. The van der Waals surface area contributed by atoms with E-state index in [1.165, 1.54) is 12.1 Å². The minimum atomic E-state index is -0.358. The summed E-state index contributed by atoms with van der Waals surface area (Å²) in [7, 11) is 0. The van der Waals surface area contributed by atoms with E-state index in [0.717, 1.165) is 44.1 Å². The maximum absolute atomic E-state index is 13.3. The smallest absolute Gasteiger partial charge is 0.234 e. The molecule has 26 heavy (non-hydrogen) atoms. The lowest BCUT2D eigenvalue weighted by molar-refractivity contribution is -0.128. The van der Waals surface area contributed by atoms with Gasteiger partial charge in [0.1, 0.15) is 5.82 Å². The maximum Gasteiger partial charge on any atom is 0.234 e. The topological polar surface area (TPSA) is 75.4 Å². The molecule has 0 bridgehead atoms. The zero-order valence-electron chi connectivity index (χ0n) is 15.1. The van der Waals surface area contributed by atoms with E-state index >= 15 is 0 Å². The lowest BCUT2D eigenvalue weighted by atomic mass is 9.91. The van der Waals surface area contributed by atoms with Crippen LogP contribution in [0.4, 0.5) is 4.39 Å². The predicted octanol–water partition coefficient (Wildman–Crippen LogP) is 2.51. The van der Waals surface area contributed by atoms with Crippen LogP contribution in [0, 0.1) is 11.7 Å². The number of amides is 2. The van der Waals surface area contributed by atoms with E-state index in [1.54, 1.807) is 12.1 Å². The second-order valence-corrected chi connectivity index (χ2v) is 7.53. The van der Waals surface area contributed by atoms with Crippen LogP contribution in [0.1, 0.15) is 56.6 Å². The second kappa shape index (κ2) is 8.62. The van der Waals surface area contributed by atoms with Gasteiger partial charge >= 0.3 is 0 Å². The number of benzene rings is 1. The van der Waals surface area contributed by atoms with E-state index in [2.05, 4.69) is 5.32 Å². The Kier molecular flexibility index (Phi) is 6.25. The van der Waals surface area contributed by atoms with Crippen molar-refractivity contribution < 1.29 is 14.0 Å². The van der Waals surface area contributed by atoms with Gasteiger partial charge < -0.3 is 11.1 Å². The second-order valence-electron chi connectivity index (χ2n) is 7.53. The summed E-state index contributed by atoms with van der Waals surface area (Å²) in [5.41, 5.74) is 6.43. The number of carbonyl (C=O) groups excluding carboxylic acids is 2. The van der Waals surface area contributed by atoms with Crippen molar-refractivity contribution in [2.75, 3.05) is 13.1 Å². The third-order valence-electron chi connectivity index (χ3n) is 5.71. The Hall–Kier alpha value is -1.95. The first kappa shape index (κ1) is 18.8. The number of carbonyl (C=O) groups is 2. The quantitative estimate of drug-likeness (QED) is 0.817. The van der Waals surface area contributed by atoms with Gasteiger partial charge in [-0.15, -0.1) is 0 Å². The van der Waals surface area contributed by atoms with Crippen LogP contribution in [-0.4, -0.2) is 35.8 Å². The van der Waals surface area contributed by atoms with E-state index in [1.807, 2.05) is 4.90 Å². The highest BCUT2D eigenvalue weighted by atomic mass is 19.1. The molecule has 142 valence electrons. The van der Waals surface area contributed by atoms with Crippen LogP contribution < -0.4 is 11.1 Å². The first-order chi connectivity index (χ1) is 12.5. The number of piperidine rings is 1. The lowest BCUT2D eigenvalue weighted by Gasteiger charge is -2.34. The number of hydrogen-bond acceptors (Lipinski definition) is 3. The van der Waals surface area contributed by atoms with Gasteiger partial charge in [0, 0.05) is 0 Å². The largest absolute Gasteiger partial charge is 0.368 e. The molecule has 6 heteroatoms. The molecule has 2 atom stereocenters. The molecule has 2 unspecified atom stereocenters. The highest BCUT2D eigenvalue weighted by molar-refractivity contribution is 5.82. The minimum Gasteiger partial charge on any atom is -0.368 e. The van der Waals surface area contributed by atoms with Gasteiger partial charge in [0.25, 0.3) is 0 Å². The SMILES string of the molecule is NC(=O)C1CCCCN1CC(=O)NC(c1ccc(F)cc1)C1CCCC1. The summed E-state index contributed by atoms with van der Waals surface area (Å²) in [5, 5.41) is 3.15. The molecular formula is C20H28FN3O2.